The van der Waals surface area contributed by atoms with Crippen LogP contribution in [0.5, 0.6) is 0 Å². The van der Waals surface area contributed by atoms with Gasteiger partial charge >= 0.3 is 4.70 Å². The van der Waals surface area contributed by atoms with E-state index in [0.717, 1.165) is 6.08 Å². The van der Waals surface area contributed by atoms with Crippen LogP contribution in [-0.4, -0.2) is 9.94 Å². The first-order valence-electron chi connectivity index (χ1n) is 1.67. The summed E-state index contributed by atoms with van der Waals surface area (Å²) in [6, 6.07) is 0. The number of hydrogen-bond donors (Lipinski definition) is 0. The van der Waals surface area contributed by atoms with Gasteiger partial charge in [0.15, 0.2) is 0 Å². The molecule has 0 aromatic rings. The molecule has 0 spiro atoms. The van der Waals surface area contributed by atoms with Crippen LogP contribution in [0.3, 0.4) is 0 Å². The highest BCUT2D eigenvalue weighted by Crippen LogP contribution is 1.84. The lowest BCUT2D eigenvalue weighted by Gasteiger charge is -1.59. The van der Waals surface area contributed by atoms with Crippen LogP contribution in [0.1, 0.15) is 0 Å². The summed E-state index contributed by atoms with van der Waals surface area (Å²) in [5.41, 5.74) is 0. The highest BCUT2D eigenvalue weighted by Gasteiger charge is 1.74. The van der Waals surface area contributed by atoms with Crippen molar-refractivity contribution in [3.05, 3.63) is 12.7 Å². The minimum atomic E-state index is -0.889. The van der Waals surface area contributed by atoms with E-state index in [1.54, 1.807) is 0 Å². The lowest BCUT2D eigenvalue weighted by Crippen LogP contribution is -1.67. The summed E-state index contributed by atoms with van der Waals surface area (Å²) in [7, 11) is 0. The van der Waals surface area contributed by atoms with Gasteiger partial charge in [-0.15, -0.1) is 0 Å². The van der Waals surface area contributed by atoms with Gasteiger partial charge in [0.25, 0.3) is 0 Å². The van der Waals surface area contributed by atoms with Gasteiger partial charge in [-0.25, -0.2) is 0 Å². The van der Waals surface area contributed by atoms with E-state index >= 15 is 0 Å². The summed E-state index contributed by atoms with van der Waals surface area (Å²) >= 11 is 13.5. The maximum Gasteiger partial charge on any atom is 0.313 e. The highest BCUT2D eigenvalue weighted by atomic mass is 35.5. The third-order valence-electron chi connectivity index (χ3n) is 0.160. The third-order valence-corrected chi connectivity index (χ3v) is 0.315. The van der Waals surface area contributed by atoms with E-state index in [9.17, 15) is 4.79 Å². The van der Waals surface area contributed by atoms with Crippen LogP contribution >= 0.6 is 34.8 Å². The van der Waals surface area contributed by atoms with Crippen LogP contribution < -0.4 is 0 Å². The summed E-state index contributed by atoms with van der Waals surface area (Å²) < 4.78 is -0.889. The summed E-state index contributed by atoms with van der Waals surface area (Å²) in [4.78, 5) is 18.4. The molecule has 2 nitrogen and oxygen atoms in total. The first-order chi connectivity index (χ1) is 4.00. The molecule has 0 amide bonds. The van der Waals surface area contributed by atoms with Gasteiger partial charge in [-0.1, -0.05) is 6.58 Å². The lowest BCUT2D eigenvalue weighted by atomic mass is 10.7. The lowest BCUT2D eigenvalue weighted by molar-refractivity contribution is -0.107. The number of carbonyl (C=O) groups is 2. The quantitative estimate of drug-likeness (QED) is 0.469. The predicted molar refractivity (Wildman–Crippen MR) is 38.2 cm³/mol. The van der Waals surface area contributed by atoms with Crippen LogP contribution in [0.4, 0.5) is 4.79 Å². The maximum absolute atomic E-state index is 9.46. The first-order valence-corrected chi connectivity index (χ1v) is 2.81. The zero-order valence-corrected chi connectivity index (χ0v) is 6.50. The zero-order valence-electron chi connectivity index (χ0n) is 4.23. The Morgan fingerprint density at radius 1 is 1.22 bits per heavy atom. The Kier molecular flexibility index (Phi) is 10.3. The van der Waals surface area contributed by atoms with Crippen molar-refractivity contribution in [2.75, 3.05) is 0 Å². The van der Waals surface area contributed by atoms with Gasteiger partial charge in [0.05, 0.1) is 0 Å². The molecular weight excluding hydrogens is 186 g/mol. The van der Waals surface area contributed by atoms with Gasteiger partial charge in [-0.3, -0.25) is 9.59 Å². The Hall–Kier alpha value is -0.0500. The molecule has 0 saturated carbocycles. The Labute approximate surface area is 67.4 Å². The molecule has 0 atom stereocenters. The van der Waals surface area contributed by atoms with Crippen molar-refractivity contribution in [2.45, 2.75) is 0 Å². The molecular formula is C4H3Cl3O2. The average Bonchev–Trinajstić information content (AvgIpc) is 1.65. The van der Waals surface area contributed by atoms with E-state index in [-0.39, 0.29) is 0 Å². The normalized spacial score (nSPS) is 6.56. The Morgan fingerprint density at radius 2 is 1.33 bits per heavy atom. The zero-order chi connectivity index (χ0) is 7.86. The van der Waals surface area contributed by atoms with E-state index < -0.39 is 9.94 Å². The number of allylic oxidation sites excluding steroid dienone is 1. The summed E-state index contributed by atoms with van der Waals surface area (Å²) in [6.07, 6.45) is 1.04. The molecule has 0 fully saturated rings. The fourth-order valence-electron chi connectivity index (χ4n) is 0. The monoisotopic (exact) mass is 188 g/mol. The second-order valence-corrected chi connectivity index (χ2v) is 1.99. The molecule has 0 heterocycles. The molecule has 0 bridgehead atoms. The Morgan fingerprint density at radius 3 is 1.33 bits per heavy atom. The van der Waals surface area contributed by atoms with Crippen molar-refractivity contribution in [3.8, 4) is 0 Å². The Balaban J connectivity index is 0. The summed E-state index contributed by atoms with van der Waals surface area (Å²) in [5.74, 6) is 0. The van der Waals surface area contributed by atoms with Gasteiger partial charge in [0, 0.05) is 0 Å². The second kappa shape index (κ2) is 7.95. The third kappa shape index (κ3) is 74.0. The van der Waals surface area contributed by atoms with Crippen LogP contribution in [0.2, 0.25) is 0 Å². The molecule has 9 heavy (non-hydrogen) atoms. The molecule has 0 radical (unpaired) electrons. The standard InChI is InChI=1S/C3H3ClO.CCl2O/c1-2-3(4)5;2-1(3)4/h2H,1H2;. The fourth-order valence-corrected chi connectivity index (χ4v) is 0. The van der Waals surface area contributed by atoms with Crippen molar-refractivity contribution >= 4 is 44.7 Å². The smallest absolute Gasteiger partial charge is 0.276 e. The van der Waals surface area contributed by atoms with Gasteiger partial charge in [0.2, 0.25) is 5.24 Å². The molecule has 0 aromatic heterocycles. The molecule has 0 aromatic carbocycles. The average molecular weight is 189 g/mol. The van der Waals surface area contributed by atoms with E-state index in [1.807, 2.05) is 0 Å². The van der Waals surface area contributed by atoms with E-state index in [4.69, 9.17) is 16.4 Å². The molecule has 0 unspecified atom stereocenters. The first kappa shape index (κ1) is 11.7. The molecule has 0 aliphatic rings. The molecule has 0 rings (SSSR count). The number of rotatable bonds is 1. The summed E-state index contributed by atoms with van der Waals surface area (Å²) in [5, 5.41) is -0.509. The van der Waals surface area contributed by atoms with Crippen LogP contribution in [-0.2, 0) is 4.79 Å². The van der Waals surface area contributed by atoms with Crippen LogP contribution in [0.15, 0.2) is 12.7 Å². The topological polar surface area (TPSA) is 34.1 Å². The van der Waals surface area contributed by atoms with Crippen molar-refractivity contribution in [1.29, 1.82) is 0 Å². The van der Waals surface area contributed by atoms with E-state index in [0.29, 0.717) is 0 Å². The predicted octanol–water partition coefficient (Wildman–Crippen LogP) is 2.52. The van der Waals surface area contributed by atoms with Crippen LogP contribution in [0.25, 0.3) is 0 Å². The molecule has 0 aliphatic carbocycles. The molecule has 5 heteroatoms. The van der Waals surface area contributed by atoms with E-state index in [2.05, 4.69) is 29.8 Å². The second-order valence-electron chi connectivity index (χ2n) is 0.734. The SMILES string of the molecule is C=CC(=O)Cl.O=C(Cl)Cl. The van der Waals surface area contributed by atoms with E-state index in [1.165, 1.54) is 0 Å². The number of hydrogen-bond acceptors (Lipinski definition) is 2. The molecule has 0 aliphatic heterocycles. The minimum absolute atomic E-state index is 0.509. The Bertz CT molecular complexity index is 117. The highest BCUT2D eigenvalue weighted by molar-refractivity contribution is 6.93. The minimum Gasteiger partial charge on any atom is -0.276 e. The van der Waals surface area contributed by atoms with Crippen LogP contribution in [0, 0.1) is 0 Å². The van der Waals surface area contributed by atoms with Crippen molar-refractivity contribution in [1.82, 2.24) is 0 Å². The van der Waals surface area contributed by atoms with Crippen molar-refractivity contribution in [3.63, 3.8) is 0 Å². The van der Waals surface area contributed by atoms with Gasteiger partial charge in [-0.2, -0.15) is 0 Å². The fraction of sp³-hybridized carbons (Fsp3) is 0. The van der Waals surface area contributed by atoms with Gasteiger partial charge in [-0.05, 0) is 40.9 Å². The van der Waals surface area contributed by atoms with Gasteiger partial charge < -0.3 is 0 Å². The maximum atomic E-state index is 9.46. The van der Waals surface area contributed by atoms with Gasteiger partial charge in [0.1, 0.15) is 0 Å². The number of halogens is 3. The summed E-state index contributed by atoms with van der Waals surface area (Å²) in [6.45, 7) is 3.08. The molecule has 0 saturated heterocycles. The van der Waals surface area contributed by atoms with Crippen molar-refractivity contribution in [2.24, 2.45) is 0 Å². The molecule has 0 N–H and O–H groups in total. The molecule has 52 valence electrons. The van der Waals surface area contributed by atoms with Crippen molar-refractivity contribution < 1.29 is 9.59 Å². The number of carbonyl (C=O) groups excluding carboxylic acids is 2. The largest absolute Gasteiger partial charge is 0.313 e.